The number of aliphatic hydroxyl groups is 1. The zero-order valence-corrected chi connectivity index (χ0v) is 11.3. The maximum absolute atomic E-state index is 8.69. The van der Waals surface area contributed by atoms with Crippen molar-refractivity contribution in [3.05, 3.63) is 34.9 Å². The molecule has 0 amide bonds. The number of fused-ring (bicyclic) bond motifs is 1. The molecule has 2 rings (SSSR count). The molecule has 0 unspecified atom stereocenters. The van der Waals surface area contributed by atoms with Gasteiger partial charge in [0.1, 0.15) is 0 Å². The second-order valence-electron chi connectivity index (χ2n) is 5.24. The number of aryl methyl sites for hydroxylation is 2. The number of hydrogen-bond donors (Lipinski definition) is 2. The zero-order valence-electron chi connectivity index (χ0n) is 11.3. The van der Waals surface area contributed by atoms with Crippen LogP contribution in [0.25, 0.3) is 0 Å². The highest BCUT2D eigenvalue weighted by Gasteiger charge is 2.08. The van der Waals surface area contributed by atoms with E-state index in [1.807, 2.05) is 0 Å². The van der Waals surface area contributed by atoms with Gasteiger partial charge < -0.3 is 10.4 Å². The minimum absolute atomic E-state index is 0.312. The number of unbranched alkanes of at least 4 members (excludes halogenated alkanes) is 1. The molecule has 0 saturated heterocycles. The van der Waals surface area contributed by atoms with E-state index in [1.54, 1.807) is 11.1 Å². The number of hydrogen-bond acceptors (Lipinski definition) is 2. The van der Waals surface area contributed by atoms with Crippen molar-refractivity contribution in [2.45, 2.75) is 44.9 Å². The lowest BCUT2D eigenvalue weighted by molar-refractivity contribution is 0.284. The Balaban J connectivity index is 1.72. The van der Waals surface area contributed by atoms with Crippen molar-refractivity contribution >= 4 is 0 Å². The van der Waals surface area contributed by atoms with E-state index in [0.29, 0.717) is 6.61 Å². The molecular weight excluding hydrogens is 222 g/mol. The van der Waals surface area contributed by atoms with Gasteiger partial charge in [-0.3, -0.25) is 0 Å². The molecule has 2 nitrogen and oxygen atoms in total. The Bertz CT molecular complexity index is 362. The predicted octanol–water partition coefficient (Wildman–Crippen LogP) is 2.47. The fourth-order valence-electron chi connectivity index (χ4n) is 2.66. The van der Waals surface area contributed by atoms with Crippen LogP contribution in [-0.4, -0.2) is 24.8 Å². The Morgan fingerprint density at radius 2 is 1.83 bits per heavy atom. The molecule has 0 saturated carbocycles. The van der Waals surface area contributed by atoms with E-state index in [4.69, 9.17) is 5.11 Å². The van der Waals surface area contributed by atoms with Crippen molar-refractivity contribution in [3.8, 4) is 0 Å². The van der Waals surface area contributed by atoms with Gasteiger partial charge in [-0.1, -0.05) is 18.2 Å². The van der Waals surface area contributed by atoms with Gasteiger partial charge in [-0.2, -0.15) is 0 Å². The quantitative estimate of drug-likeness (QED) is 0.726. The molecule has 0 aliphatic heterocycles. The van der Waals surface area contributed by atoms with E-state index in [-0.39, 0.29) is 0 Å². The molecular formula is C16H25NO. The first-order chi connectivity index (χ1) is 8.90. The van der Waals surface area contributed by atoms with Gasteiger partial charge in [0.05, 0.1) is 0 Å². The largest absolute Gasteiger partial charge is 0.396 e. The van der Waals surface area contributed by atoms with Crippen LogP contribution < -0.4 is 5.32 Å². The Hall–Kier alpha value is -0.860. The summed E-state index contributed by atoms with van der Waals surface area (Å²) < 4.78 is 0. The smallest absolute Gasteiger partial charge is 0.0431 e. The SMILES string of the molecule is OCCCCNCCc1ccc2c(c1)CCCC2. The van der Waals surface area contributed by atoms with Crippen LogP contribution in [0, 0.1) is 0 Å². The molecule has 1 aromatic carbocycles. The van der Waals surface area contributed by atoms with Gasteiger partial charge in [0.15, 0.2) is 0 Å². The second-order valence-corrected chi connectivity index (χ2v) is 5.24. The van der Waals surface area contributed by atoms with Gasteiger partial charge >= 0.3 is 0 Å². The highest BCUT2D eigenvalue weighted by molar-refractivity contribution is 5.33. The molecule has 0 fully saturated rings. The molecule has 1 aliphatic carbocycles. The number of benzene rings is 1. The van der Waals surface area contributed by atoms with E-state index in [0.717, 1.165) is 32.4 Å². The van der Waals surface area contributed by atoms with Gasteiger partial charge in [-0.15, -0.1) is 0 Å². The summed E-state index contributed by atoms with van der Waals surface area (Å²) in [4.78, 5) is 0. The van der Waals surface area contributed by atoms with Gasteiger partial charge in [0.25, 0.3) is 0 Å². The zero-order chi connectivity index (χ0) is 12.6. The Labute approximate surface area is 110 Å². The monoisotopic (exact) mass is 247 g/mol. The van der Waals surface area contributed by atoms with Crippen LogP contribution in [-0.2, 0) is 19.3 Å². The fourth-order valence-corrected chi connectivity index (χ4v) is 2.66. The number of rotatable bonds is 7. The predicted molar refractivity (Wildman–Crippen MR) is 76.0 cm³/mol. The van der Waals surface area contributed by atoms with Crippen molar-refractivity contribution in [1.29, 1.82) is 0 Å². The molecule has 1 aromatic rings. The lowest BCUT2D eigenvalue weighted by atomic mass is 9.90. The van der Waals surface area contributed by atoms with E-state index < -0.39 is 0 Å². The summed E-state index contributed by atoms with van der Waals surface area (Å²) in [6, 6.07) is 7.03. The summed E-state index contributed by atoms with van der Waals surface area (Å²) in [7, 11) is 0. The molecule has 18 heavy (non-hydrogen) atoms. The van der Waals surface area contributed by atoms with Crippen LogP contribution in [0.5, 0.6) is 0 Å². The molecule has 0 heterocycles. The van der Waals surface area contributed by atoms with E-state index in [9.17, 15) is 0 Å². The third-order valence-electron chi connectivity index (χ3n) is 3.77. The van der Waals surface area contributed by atoms with Crippen molar-refractivity contribution in [2.75, 3.05) is 19.7 Å². The molecule has 0 bridgehead atoms. The first kappa shape index (κ1) is 13.6. The summed E-state index contributed by atoms with van der Waals surface area (Å²) >= 11 is 0. The minimum atomic E-state index is 0.312. The molecule has 100 valence electrons. The van der Waals surface area contributed by atoms with E-state index in [1.165, 1.54) is 31.2 Å². The third kappa shape index (κ3) is 4.11. The average Bonchev–Trinajstić information content (AvgIpc) is 2.42. The molecule has 0 spiro atoms. The highest BCUT2D eigenvalue weighted by Crippen LogP contribution is 2.22. The average molecular weight is 247 g/mol. The normalized spacial score (nSPS) is 14.5. The third-order valence-corrected chi connectivity index (χ3v) is 3.77. The van der Waals surface area contributed by atoms with Crippen molar-refractivity contribution in [1.82, 2.24) is 5.32 Å². The number of aliphatic hydroxyl groups excluding tert-OH is 1. The Morgan fingerprint density at radius 1 is 1.00 bits per heavy atom. The second kappa shape index (κ2) is 7.55. The summed E-state index contributed by atoms with van der Waals surface area (Å²) in [5.41, 5.74) is 4.62. The van der Waals surface area contributed by atoms with Gasteiger partial charge in [0.2, 0.25) is 0 Å². The molecule has 0 atom stereocenters. The van der Waals surface area contributed by atoms with Crippen LogP contribution in [0.3, 0.4) is 0 Å². The van der Waals surface area contributed by atoms with Crippen LogP contribution in [0.15, 0.2) is 18.2 Å². The van der Waals surface area contributed by atoms with E-state index in [2.05, 4.69) is 23.5 Å². The summed E-state index contributed by atoms with van der Waals surface area (Å²) in [6.07, 6.45) is 8.36. The van der Waals surface area contributed by atoms with Crippen molar-refractivity contribution in [2.24, 2.45) is 0 Å². The van der Waals surface area contributed by atoms with Gasteiger partial charge in [-0.25, -0.2) is 0 Å². The summed E-state index contributed by atoms with van der Waals surface area (Å²) in [5, 5.41) is 12.1. The van der Waals surface area contributed by atoms with Crippen molar-refractivity contribution in [3.63, 3.8) is 0 Å². The Morgan fingerprint density at radius 3 is 2.67 bits per heavy atom. The lowest BCUT2D eigenvalue weighted by Gasteiger charge is -2.16. The maximum atomic E-state index is 8.69. The summed E-state index contributed by atoms with van der Waals surface area (Å²) in [5.74, 6) is 0. The van der Waals surface area contributed by atoms with Crippen LogP contribution in [0.1, 0.15) is 42.4 Å². The van der Waals surface area contributed by atoms with Gasteiger partial charge in [0, 0.05) is 6.61 Å². The number of nitrogens with one attached hydrogen (secondary N) is 1. The standard InChI is InChI=1S/C16H25NO/c18-12-4-3-10-17-11-9-14-7-8-15-5-1-2-6-16(15)13-14/h7-8,13,17-18H,1-6,9-12H2. The fraction of sp³-hybridized carbons (Fsp3) is 0.625. The lowest BCUT2D eigenvalue weighted by Crippen LogP contribution is -2.19. The molecule has 1 aliphatic rings. The van der Waals surface area contributed by atoms with Gasteiger partial charge in [-0.05, 0) is 74.7 Å². The molecule has 2 heteroatoms. The topological polar surface area (TPSA) is 32.3 Å². The molecule has 2 N–H and O–H groups in total. The van der Waals surface area contributed by atoms with E-state index >= 15 is 0 Å². The molecule has 0 aromatic heterocycles. The molecule has 0 radical (unpaired) electrons. The van der Waals surface area contributed by atoms with Crippen LogP contribution >= 0.6 is 0 Å². The van der Waals surface area contributed by atoms with Crippen LogP contribution in [0.4, 0.5) is 0 Å². The summed E-state index contributed by atoms with van der Waals surface area (Å²) in [6.45, 7) is 2.38. The maximum Gasteiger partial charge on any atom is 0.0431 e. The minimum Gasteiger partial charge on any atom is -0.396 e. The van der Waals surface area contributed by atoms with Crippen LogP contribution in [0.2, 0.25) is 0 Å². The highest BCUT2D eigenvalue weighted by atomic mass is 16.2. The first-order valence-corrected chi connectivity index (χ1v) is 7.32. The first-order valence-electron chi connectivity index (χ1n) is 7.32. The van der Waals surface area contributed by atoms with Crippen molar-refractivity contribution < 1.29 is 5.11 Å². The Kier molecular flexibility index (Phi) is 5.69.